The van der Waals surface area contributed by atoms with Crippen molar-refractivity contribution in [1.82, 2.24) is 4.90 Å². The standard InChI is InChI=1S/C6H15NO2S/c1-6(2)7(3)4-5-10(8)9/h6,10H,4-5H2,1-3H3. The summed E-state index contributed by atoms with van der Waals surface area (Å²) in [6, 6.07) is 0.426. The van der Waals surface area contributed by atoms with E-state index in [0.717, 1.165) is 0 Å². The van der Waals surface area contributed by atoms with Crippen LogP contribution < -0.4 is 0 Å². The molecule has 0 spiro atoms. The molecule has 0 aliphatic carbocycles. The van der Waals surface area contributed by atoms with Crippen LogP contribution in [0.1, 0.15) is 13.8 Å². The first kappa shape index (κ1) is 9.91. The lowest BCUT2D eigenvalue weighted by Gasteiger charge is -2.18. The monoisotopic (exact) mass is 165 g/mol. The molecule has 0 aromatic rings. The van der Waals surface area contributed by atoms with E-state index in [1.165, 1.54) is 0 Å². The molecular formula is C6H15NO2S. The number of thiol groups is 1. The zero-order valence-corrected chi connectivity index (χ0v) is 7.60. The Balaban J connectivity index is 3.49. The molecule has 0 rings (SSSR count). The summed E-state index contributed by atoms with van der Waals surface area (Å²) < 4.78 is 20.3. The third kappa shape index (κ3) is 4.76. The van der Waals surface area contributed by atoms with Gasteiger partial charge in [0.25, 0.3) is 0 Å². The van der Waals surface area contributed by atoms with E-state index in [9.17, 15) is 8.42 Å². The molecule has 0 radical (unpaired) electrons. The molecule has 0 unspecified atom stereocenters. The van der Waals surface area contributed by atoms with Gasteiger partial charge in [0.2, 0.25) is 0 Å². The Bertz CT molecular complexity index is 146. The van der Waals surface area contributed by atoms with Gasteiger partial charge in [0, 0.05) is 12.6 Å². The topological polar surface area (TPSA) is 37.4 Å². The Hall–Kier alpha value is -0.0900. The highest BCUT2D eigenvalue weighted by Crippen LogP contribution is 1.91. The largest absolute Gasteiger partial charge is 0.303 e. The maximum atomic E-state index is 10.1. The van der Waals surface area contributed by atoms with Crippen LogP contribution in [0.2, 0.25) is 0 Å². The number of nitrogens with zero attached hydrogens (tertiary/aromatic N) is 1. The molecule has 3 nitrogen and oxygen atoms in total. The molecule has 0 saturated carbocycles. The molecule has 0 fully saturated rings. The smallest absolute Gasteiger partial charge is 0.141 e. The molecule has 4 heteroatoms. The van der Waals surface area contributed by atoms with E-state index >= 15 is 0 Å². The van der Waals surface area contributed by atoms with Gasteiger partial charge in [0.1, 0.15) is 10.7 Å². The third-order valence-corrected chi connectivity index (χ3v) is 2.08. The van der Waals surface area contributed by atoms with Gasteiger partial charge in [0.15, 0.2) is 0 Å². The summed E-state index contributed by atoms with van der Waals surface area (Å²) in [5.41, 5.74) is 0. The highest BCUT2D eigenvalue weighted by atomic mass is 32.2. The van der Waals surface area contributed by atoms with Crippen molar-refractivity contribution in [2.24, 2.45) is 0 Å². The SMILES string of the molecule is CC(C)N(C)CC[SH](=O)=O. The predicted octanol–water partition coefficient (Wildman–Crippen LogP) is -0.0620. The third-order valence-electron chi connectivity index (χ3n) is 1.52. The Morgan fingerprint density at radius 3 is 2.20 bits per heavy atom. The molecule has 0 atom stereocenters. The first-order chi connectivity index (χ1) is 4.54. The van der Waals surface area contributed by atoms with Crippen LogP contribution in [0.15, 0.2) is 0 Å². The maximum absolute atomic E-state index is 10.1. The second-order valence-corrected chi connectivity index (χ2v) is 3.74. The zero-order valence-electron chi connectivity index (χ0n) is 6.70. The Morgan fingerprint density at radius 2 is 1.90 bits per heavy atom. The normalized spacial score (nSPS) is 11.8. The first-order valence-corrected chi connectivity index (χ1v) is 4.72. The van der Waals surface area contributed by atoms with Gasteiger partial charge >= 0.3 is 0 Å². The minimum absolute atomic E-state index is 0.268. The summed E-state index contributed by atoms with van der Waals surface area (Å²) in [6.45, 7) is 4.71. The molecule has 0 N–H and O–H groups in total. The fourth-order valence-electron chi connectivity index (χ4n) is 0.498. The van der Waals surface area contributed by atoms with Crippen molar-refractivity contribution in [2.75, 3.05) is 19.3 Å². The molecule has 0 saturated heterocycles. The zero-order chi connectivity index (χ0) is 8.15. The van der Waals surface area contributed by atoms with Gasteiger partial charge < -0.3 is 4.90 Å². The van der Waals surface area contributed by atoms with Crippen LogP contribution in [-0.2, 0) is 10.7 Å². The number of rotatable bonds is 4. The van der Waals surface area contributed by atoms with Crippen LogP contribution in [0.4, 0.5) is 0 Å². The van der Waals surface area contributed by atoms with Gasteiger partial charge in [-0.1, -0.05) is 0 Å². The number of hydrogen-bond donors (Lipinski definition) is 1. The summed E-state index contributed by atoms with van der Waals surface area (Å²) in [5, 5.41) is 0. The van der Waals surface area contributed by atoms with Gasteiger partial charge in [-0.15, -0.1) is 0 Å². The molecule has 0 aromatic heterocycles. The van der Waals surface area contributed by atoms with Crippen LogP contribution in [0.5, 0.6) is 0 Å². The van der Waals surface area contributed by atoms with Gasteiger partial charge in [-0.3, -0.25) is 0 Å². The minimum Gasteiger partial charge on any atom is -0.303 e. The van der Waals surface area contributed by atoms with Crippen molar-refractivity contribution < 1.29 is 8.42 Å². The lowest BCUT2D eigenvalue weighted by molar-refractivity contribution is 0.290. The lowest BCUT2D eigenvalue weighted by Crippen LogP contribution is -2.29. The summed E-state index contributed by atoms with van der Waals surface area (Å²) in [4.78, 5) is 2.01. The quantitative estimate of drug-likeness (QED) is 0.593. The lowest BCUT2D eigenvalue weighted by atomic mass is 10.3. The highest BCUT2D eigenvalue weighted by Gasteiger charge is 2.01. The van der Waals surface area contributed by atoms with E-state index in [2.05, 4.69) is 0 Å². The summed E-state index contributed by atoms with van der Waals surface area (Å²) in [5.74, 6) is 0.268. The van der Waals surface area contributed by atoms with Crippen molar-refractivity contribution >= 4 is 10.7 Å². The van der Waals surface area contributed by atoms with Gasteiger partial charge in [-0.05, 0) is 20.9 Å². The second-order valence-electron chi connectivity index (χ2n) is 2.63. The predicted molar refractivity (Wildman–Crippen MR) is 42.9 cm³/mol. The van der Waals surface area contributed by atoms with E-state index in [1.807, 2.05) is 25.8 Å². The van der Waals surface area contributed by atoms with Crippen LogP contribution >= 0.6 is 0 Å². The van der Waals surface area contributed by atoms with E-state index in [-0.39, 0.29) is 5.75 Å². The van der Waals surface area contributed by atoms with E-state index in [0.29, 0.717) is 12.6 Å². The highest BCUT2D eigenvalue weighted by molar-refractivity contribution is 7.72. The molecule has 0 amide bonds. The second kappa shape index (κ2) is 4.68. The average Bonchev–Trinajstić information content (AvgIpc) is 1.82. The maximum Gasteiger partial charge on any atom is 0.141 e. The van der Waals surface area contributed by atoms with Crippen LogP contribution in [0, 0.1) is 0 Å². The van der Waals surface area contributed by atoms with E-state index < -0.39 is 10.7 Å². The van der Waals surface area contributed by atoms with Crippen molar-refractivity contribution in [2.45, 2.75) is 19.9 Å². The molecule has 10 heavy (non-hydrogen) atoms. The average molecular weight is 165 g/mol. The molecule has 0 bridgehead atoms. The van der Waals surface area contributed by atoms with E-state index in [4.69, 9.17) is 0 Å². The Morgan fingerprint density at radius 1 is 1.40 bits per heavy atom. The van der Waals surface area contributed by atoms with Crippen molar-refractivity contribution in [3.05, 3.63) is 0 Å². The van der Waals surface area contributed by atoms with Gasteiger partial charge in [-0.2, -0.15) is 0 Å². The van der Waals surface area contributed by atoms with Crippen molar-refractivity contribution in [3.63, 3.8) is 0 Å². The van der Waals surface area contributed by atoms with Crippen LogP contribution in [-0.4, -0.2) is 38.7 Å². The van der Waals surface area contributed by atoms with Crippen LogP contribution in [0.3, 0.4) is 0 Å². The fourth-order valence-corrected chi connectivity index (χ4v) is 0.976. The van der Waals surface area contributed by atoms with Gasteiger partial charge in [0.05, 0.1) is 5.75 Å². The molecule has 62 valence electrons. The van der Waals surface area contributed by atoms with Crippen LogP contribution in [0.25, 0.3) is 0 Å². The number of hydrogen-bond acceptors (Lipinski definition) is 3. The van der Waals surface area contributed by atoms with E-state index in [1.54, 1.807) is 0 Å². The minimum atomic E-state index is -2.20. The van der Waals surface area contributed by atoms with Crippen molar-refractivity contribution in [3.8, 4) is 0 Å². The first-order valence-electron chi connectivity index (χ1n) is 3.36. The summed E-state index contributed by atoms with van der Waals surface area (Å²) in [7, 11) is -0.279. The molecular weight excluding hydrogens is 150 g/mol. The Labute approximate surface area is 64.0 Å². The fraction of sp³-hybridized carbons (Fsp3) is 1.00. The molecule has 0 aliphatic heterocycles. The summed E-state index contributed by atoms with van der Waals surface area (Å²) in [6.07, 6.45) is 0. The van der Waals surface area contributed by atoms with Crippen molar-refractivity contribution in [1.29, 1.82) is 0 Å². The summed E-state index contributed by atoms with van der Waals surface area (Å²) >= 11 is 0. The molecule has 0 aromatic carbocycles. The Kier molecular flexibility index (Phi) is 4.64. The van der Waals surface area contributed by atoms with Gasteiger partial charge in [-0.25, -0.2) is 8.42 Å². The molecule has 0 heterocycles. The molecule has 0 aliphatic rings.